The first-order chi connectivity index (χ1) is 14.8. The first kappa shape index (κ1) is 18.6. The number of rotatable bonds is 5. The van der Waals surface area contributed by atoms with Gasteiger partial charge in [0.1, 0.15) is 26.2 Å². The highest BCUT2D eigenvalue weighted by Crippen LogP contribution is 2.23. The van der Waals surface area contributed by atoms with Crippen molar-refractivity contribution in [2.75, 3.05) is 31.1 Å². The molecule has 5 nitrogen and oxygen atoms in total. The smallest absolute Gasteiger partial charge is 0.274 e. The summed E-state index contributed by atoms with van der Waals surface area (Å²) >= 11 is 0. The number of hydrogen-bond donors (Lipinski definition) is 2. The van der Waals surface area contributed by atoms with Crippen LogP contribution in [0.25, 0.3) is 10.9 Å². The van der Waals surface area contributed by atoms with Crippen LogP contribution in [0.1, 0.15) is 22.0 Å². The number of piperazine rings is 1. The van der Waals surface area contributed by atoms with Gasteiger partial charge >= 0.3 is 0 Å². The van der Waals surface area contributed by atoms with Crippen LogP contribution in [0.2, 0.25) is 0 Å². The number of ketones is 1. The van der Waals surface area contributed by atoms with Crippen LogP contribution < -0.4 is 14.8 Å². The van der Waals surface area contributed by atoms with Crippen LogP contribution in [0.5, 0.6) is 0 Å². The number of carbonyl (C=O) groups is 1. The number of anilines is 1. The Kier molecular flexibility index (Phi) is 5.03. The van der Waals surface area contributed by atoms with Gasteiger partial charge in [0, 0.05) is 34.3 Å². The molecule has 3 heterocycles. The molecule has 30 heavy (non-hydrogen) atoms. The second-order valence-electron chi connectivity index (χ2n) is 7.85. The zero-order valence-corrected chi connectivity index (χ0v) is 16.8. The number of nitrogens with one attached hydrogen (secondary N) is 3. The first-order valence-electron chi connectivity index (χ1n) is 10.5. The van der Waals surface area contributed by atoms with Gasteiger partial charge in [-0.2, -0.15) is 0 Å². The predicted molar refractivity (Wildman–Crippen MR) is 118 cm³/mol. The van der Waals surface area contributed by atoms with Crippen molar-refractivity contribution >= 4 is 22.5 Å². The van der Waals surface area contributed by atoms with Crippen molar-refractivity contribution in [2.45, 2.75) is 6.04 Å². The van der Waals surface area contributed by atoms with Crippen LogP contribution in [-0.4, -0.2) is 36.9 Å². The Balaban J connectivity index is 1.44. The Labute approximate surface area is 176 Å². The van der Waals surface area contributed by atoms with Crippen LogP contribution in [0.3, 0.4) is 0 Å². The van der Waals surface area contributed by atoms with Crippen molar-refractivity contribution in [3.63, 3.8) is 0 Å². The minimum atomic E-state index is -0.202. The maximum absolute atomic E-state index is 13.8. The van der Waals surface area contributed by atoms with Gasteiger partial charge in [-0.15, -0.1) is 0 Å². The molecule has 150 valence electrons. The van der Waals surface area contributed by atoms with Crippen molar-refractivity contribution in [2.24, 2.45) is 0 Å². The van der Waals surface area contributed by atoms with E-state index >= 15 is 0 Å². The lowest BCUT2D eigenvalue weighted by Crippen LogP contribution is -3.16. The molecule has 0 amide bonds. The Morgan fingerprint density at radius 2 is 1.67 bits per heavy atom. The summed E-state index contributed by atoms with van der Waals surface area (Å²) < 4.78 is 0. The van der Waals surface area contributed by atoms with Crippen molar-refractivity contribution in [3.8, 4) is 0 Å². The first-order valence-corrected chi connectivity index (χ1v) is 10.5. The van der Waals surface area contributed by atoms with Gasteiger partial charge < -0.3 is 9.88 Å². The number of pyridine rings is 1. The Morgan fingerprint density at radius 1 is 0.933 bits per heavy atom. The van der Waals surface area contributed by atoms with Crippen LogP contribution in [0, 0.1) is 0 Å². The molecule has 2 aromatic heterocycles. The third-order valence-electron chi connectivity index (χ3n) is 6.10. The summed E-state index contributed by atoms with van der Waals surface area (Å²) in [7, 11) is 0. The van der Waals surface area contributed by atoms with E-state index in [-0.39, 0.29) is 11.8 Å². The molecule has 0 spiro atoms. The highest BCUT2D eigenvalue weighted by Gasteiger charge is 2.37. The lowest BCUT2D eigenvalue weighted by Gasteiger charge is -2.33. The molecule has 5 heteroatoms. The number of hydrogen-bond acceptors (Lipinski definition) is 2. The molecule has 0 unspecified atom stereocenters. The van der Waals surface area contributed by atoms with E-state index in [9.17, 15) is 4.79 Å². The minimum Gasteiger partial charge on any atom is -0.360 e. The number of aromatic nitrogens is 2. The van der Waals surface area contributed by atoms with E-state index in [1.807, 2.05) is 60.9 Å². The molecule has 5 rings (SSSR count). The monoisotopic (exact) mass is 398 g/mol. The van der Waals surface area contributed by atoms with Gasteiger partial charge in [-0.1, -0.05) is 54.6 Å². The third-order valence-corrected chi connectivity index (χ3v) is 6.10. The highest BCUT2D eigenvalue weighted by atomic mass is 16.1. The minimum absolute atomic E-state index is 0.188. The van der Waals surface area contributed by atoms with Crippen molar-refractivity contribution in [1.29, 1.82) is 0 Å². The molecular formula is C25H26N4O+2. The molecule has 0 radical (unpaired) electrons. The molecule has 1 aliphatic rings. The molecule has 4 aromatic rings. The average molecular weight is 399 g/mol. The van der Waals surface area contributed by atoms with E-state index in [1.54, 1.807) is 0 Å². The highest BCUT2D eigenvalue weighted by molar-refractivity contribution is 6.10. The van der Waals surface area contributed by atoms with E-state index in [4.69, 9.17) is 0 Å². The molecule has 1 atom stereocenters. The standard InChI is InChI=1S/C25H24N4O/c30-25(21-18-27-22-11-5-4-10-20(21)22)24(19-8-2-1-3-9-19)29-16-14-28(15-17-29)23-12-6-7-13-26-23/h1-13,18,24,27H,14-17H2/p+2/t24-/m1/s1. The summed E-state index contributed by atoms with van der Waals surface area (Å²) in [6.45, 7) is 3.66. The van der Waals surface area contributed by atoms with Gasteiger partial charge in [-0.05, 0) is 12.1 Å². The Bertz CT molecular complexity index is 1130. The number of aromatic amines is 2. The van der Waals surface area contributed by atoms with E-state index < -0.39 is 0 Å². The number of benzene rings is 2. The van der Waals surface area contributed by atoms with E-state index in [2.05, 4.69) is 39.1 Å². The molecule has 3 N–H and O–H groups in total. The van der Waals surface area contributed by atoms with Gasteiger partial charge in [0.2, 0.25) is 5.78 Å². The van der Waals surface area contributed by atoms with E-state index in [0.717, 1.165) is 54.0 Å². The van der Waals surface area contributed by atoms with Crippen molar-refractivity contribution < 1.29 is 14.7 Å². The van der Waals surface area contributed by atoms with Gasteiger partial charge in [0.15, 0.2) is 6.04 Å². The van der Waals surface area contributed by atoms with Crippen LogP contribution in [0.4, 0.5) is 5.82 Å². The number of H-pyrrole nitrogens is 2. The second kappa shape index (κ2) is 8.13. The Hall–Kier alpha value is -3.44. The normalized spacial score (nSPS) is 15.9. The lowest BCUT2D eigenvalue weighted by atomic mass is 9.95. The number of quaternary nitrogens is 1. The third kappa shape index (κ3) is 3.48. The molecule has 2 aromatic carbocycles. The van der Waals surface area contributed by atoms with Crippen LogP contribution >= 0.6 is 0 Å². The van der Waals surface area contributed by atoms with Gasteiger partial charge in [-0.25, -0.2) is 4.98 Å². The summed E-state index contributed by atoms with van der Waals surface area (Å²) in [4.78, 5) is 24.1. The maximum atomic E-state index is 13.8. The molecule has 0 bridgehead atoms. The zero-order valence-electron chi connectivity index (χ0n) is 16.8. The summed E-state index contributed by atoms with van der Waals surface area (Å²) in [5, 5.41) is 1.00. The molecule has 1 aliphatic heterocycles. The lowest BCUT2D eigenvalue weighted by molar-refractivity contribution is -0.922. The number of fused-ring (bicyclic) bond motifs is 1. The van der Waals surface area contributed by atoms with E-state index in [1.165, 1.54) is 4.90 Å². The summed E-state index contributed by atoms with van der Waals surface area (Å²) in [5.41, 5.74) is 2.88. The Morgan fingerprint density at radius 3 is 2.43 bits per heavy atom. The van der Waals surface area contributed by atoms with Crippen molar-refractivity contribution in [1.82, 2.24) is 4.98 Å². The van der Waals surface area contributed by atoms with E-state index in [0.29, 0.717) is 0 Å². The summed E-state index contributed by atoms with van der Waals surface area (Å²) in [6, 6.07) is 24.2. The molecule has 0 aliphatic carbocycles. The van der Waals surface area contributed by atoms with Crippen LogP contribution in [0.15, 0.2) is 85.2 Å². The second-order valence-corrected chi connectivity index (χ2v) is 7.85. The van der Waals surface area contributed by atoms with Gasteiger partial charge in [0.25, 0.3) is 5.82 Å². The van der Waals surface area contributed by atoms with Crippen LogP contribution in [-0.2, 0) is 0 Å². The maximum Gasteiger partial charge on any atom is 0.274 e. The topological polar surface area (TPSA) is 54.7 Å². The molecular weight excluding hydrogens is 372 g/mol. The molecule has 1 saturated heterocycles. The fourth-order valence-electron chi connectivity index (χ4n) is 4.55. The van der Waals surface area contributed by atoms with Gasteiger partial charge in [0.05, 0.1) is 6.20 Å². The number of para-hydroxylation sites is 1. The zero-order chi connectivity index (χ0) is 20.3. The van der Waals surface area contributed by atoms with Crippen molar-refractivity contribution in [3.05, 3.63) is 96.3 Å². The molecule has 1 fully saturated rings. The largest absolute Gasteiger partial charge is 0.360 e. The number of carbonyl (C=O) groups excluding carboxylic acids is 1. The fraction of sp³-hybridized carbons (Fsp3) is 0.200. The summed E-state index contributed by atoms with van der Waals surface area (Å²) in [6.07, 6.45) is 3.83. The number of Topliss-reactive ketones (excluding diaryl/α,β-unsaturated/α-hetero) is 1. The SMILES string of the molecule is O=C(c1c[nH]c2ccccc12)[C@@H](c1ccccc1)[NH+]1CCN(c2cccc[nH+]2)CC1. The average Bonchev–Trinajstić information content (AvgIpc) is 3.25. The fourth-order valence-corrected chi connectivity index (χ4v) is 4.55. The predicted octanol–water partition coefficient (Wildman–Crippen LogP) is 2.31. The summed E-state index contributed by atoms with van der Waals surface area (Å²) in [5.74, 6) is 1.32. The molecule has 0 saturated carbocycles. The quantitative estimate of drug-likeness (QED) is 0.507. The van der Waals surface area contributed by atoms with Gasteiger partial charge in [-0.3, -0.25) is 9.69 Å². The number of nitrogens with zero attached hydrogens (tertiary/aromatic N) is 1.